The van der Waals surface area contributed by atoms with Crippen molar-refractivity contribution in [2.24, 2.45) is 0 Å². The van der Waals surface area contributed by atoms with Crippen LogP contribution >= 0.6 is 0 Å². The zero-order valence-corrected chi connectivity index (χ0v) is 9.88. The van der Waals surface area contributed by atoms with E-state index in [-0.39, 0.29) is 5.69 Å². The Labute approximate surface area is 103 Å². The van der Waals surface area contributed by atoms with Crippen LogP contribution in [0.2, 0.25) is 0 Å². The fourth-order valence-electron chi connectivity index (χ4n) is 1.70. The van der Waals surface area contributed by atoms with Crippen LogP contribution in [-0.4, -0.2) is 25.8 Å². The standard InChI is InChI=1S/C12H10N4O2/c1-7-5-11(9(6-13)8(2)14-7)16-4-3-10(15-16)12(17)18/h3-5H,1-2H3,(H,17,18). The van der Waals surface area contributed by atoms with E-state index in [0.717, 1.165) is 5.69 Å². The predicted octanol–water partition coefficient (Wildman–Crippen LogP) is 1.45. The second-order valence-electron chi connectivity index (χ2n) is 3.81. The van der Waals surface area contributed by atoms with E-state index >= 15 is 0 Å². The van der Waals surface area contributed by atoms with Crippen molar-refractivity contribution in [3.63, 3.8) is 0 Å². The molecular weight excluding hydrogens is 232 g/mol. The van der Waals surface area contributed by atoms with Gasteiger partial charge in [0.1, 0.15) is 6.07 Å². The Bertz CT molecular complexity index is 667. The van der Waals surface area contributed by atoms with Gasteiger partial charge in [0, 0.05) is 11.9 Å². The number of carbonyl (C=O) groups is 1. The number of nitrogens with zero attached hydrogens (tertiary/aromatic N) is 4. The second kappa shape index (κ2) is 4.30. The molecule has 0 aliphatic rings. The number of hydrogen-bond donors (Lipinski definition) is 1. The SMILES string of the molecule is Cc1cc(-n2ccc(C(=O)O)n2)c(C#N)c(C)n1. The Kier molecular flexibility index (Phi) is 2.81. The van der Waals surface area contributed by atoms with Crippen LogP contribution in [0.1, 0.15) is 27.4 Å². The van der Waals surface area contributed by atoms with E-state index in [2.05, 4.69) is 16.2 Å². The van der Waals surface area contributed by atoms with Gasteiger partial charge in [0.2, 0.25) is 0 Å². The molecule has 90 valence electrons. The molecular formula is C12H10N4O2. The molecule has 0 aliphatic carbocycles. The van der Waals surface area contributed by atoms with Crippen LogP contribution in [0.25, 0.3) is 5.69 Å². The molecule has 18 heavy (non-hydrogen) atoms. The molecule has 6 nitrogen and oxygen atoms in total. The number of carboxylic acid groups (broad SMARTS) is 1. The van der Waals surface area contributed by atoms with E-state index in [9.17, 15) is 4.79 Å². The van der Waals surface area contributed by atoms with Crippen LogP contribution in [0.5, 0.6) is 0 Å². The molecule has 0 fully saturated rings. The Balaban J connectivity index is 2.63. The van der Waals surface area contributed by atoms with Gasteiger partial charge in [0.05, 0.1) is 16.9 Å². The summed E-state index contributed by atoms with van der Waals surface area (Å²) in [5.74, 6) is -1.10. The Hall–Kier alpha value is -2.68. The summed E-state index contributed by atoms with van der Waals surface area (Å²) in [4.78, 5) is 15.0. The van der Waals surface area contributed by atoms with Crippen molar-refractivity contribution in [1.29, 1.82) is 5.26 Å². The van der Waals surface area contributed by atoms with Crippen LogP contribution < -0.4 is 0 Å². The van der Waals surface area contributed by atoms with Gasteiger partial charge in [-0.3, -0.25) is 4.98 Å². The zero-order chi connectivity index (χ0) is 13.3. The lowest BCUT2D eigenvalue weighted by Gasteiger charge is -2.07. The van der Waals surface area contributed by atoms with Gasteiger partial charge >= 0.3 is 5.97 Å². The highest BCUT2D eigenvalue weighted by Crippen LogP contribution is 2.17. The minimum absolute atomic E-state index is 0.0639. The molecule has 0 saturated carbocycles. The molecule has 0 amide bonds. The maximum Gasteiger partial charge on any atom is 0.356 e. The highest BCUT2D eigenvalue weighted by atomic mass is 16.4. The van der Waals surface area contributed by atoms with Crippen molar-refractivity contribution in [2.45, 2.75) is 13.8 Å². The summed E-state index contributed by atoms with van der Waals surface area (Å²) < 4.78 is 1.38. The average molecular weight is 242 g/mol. The summed E-state index contributed by atoms with van der Waals surface area (Å²) in [7, 11) is 0. The third-order valence-electron chi connectivity index (χ3n) is 2.47. The first-order chi connectivity index (χ1) is 8.52. The maximum atomic E-state index is 10.8. The molecule has 2 rings (SSSR count). The number of carboxylic acids is 1. The molecule has 0 radical (unpaired) electrons. The quantitative estimate of drug-likeness (QED) is 0.860. The Morgan fingerprint density at radius 3 is 2.78 bits per heavy atom. The third-order valence-corrected chi connectivity index (χ3v) is 2.47. The van der Waals surface area contributed by atoms with Crippen molar-refractivity contribution in [3.8, 4) is 11.8 Å². The molecule has 0 saturated heterocycles. The summed E-state index contributed by atoms with van der Waals surface area (Å²) in [6.07, 6.45) is 1.51. The lowest BCUT2D eigenvalue weighted by molar-refractivity contribution is 0.0690. The first kappa shape index (κ1) is 11.8. The van der Waals surface area contributed by atoms with Gasteiger partial charge in [-0.15, -0.1) is 0 Å². The lowest BCUT2D eigenvalue weighted by Crippen LogP contribution is -2.05. The number of pyridine rings is 1. The summed E-state index contributed by atoms with van der Waals surface area (Å²) in [6, 6.07) is 5.14. The fraction of sp³-hybridized carbons (Fsp3) is 0.167. The number of nitriles is 1. The predicted molar refractivity (Wildman–Crippen MR) is 62.5 cm³/mol. The van der Waals surface area contributed by atoms with Gasteiger partial charge in [-0.25, -0.2) is 9.48 Å². The van der Waals surface area contributed by atoms with E-state index in [1.165, 1.54) is 16.9 Å². The minimum Gasteiger partial charge on any atom is -0.476 e. The third kappa shape index (κ3) is 1.94. The molecule has 0 atom stereocenters. The molecule has 1 N–H and O–H groups in total. The van der Waals surface area contributed by atoms with Gasteiger partial charge in [-0.1, -0.05) is 0 Å². The van der Waals surface area contributed by atoms with Crippen LogP contribution in [0.3, 0.4) is 0 Å². The van der Waals surface area contributed by atoms with E-state index in [1.54, 1.807) is 19.9 Å². The van der Waals surface area contributed by atoms with Crippen molar-refractivity contribution in [3.05, 3.63) is 41.0 Å². The van der Waals surface area contributed by atoms with E-state index in [1.807, 2.05) is 0 Å². The van der Waals surface area contributed by atoms with Crippen LogP contribution in [-0.2, 0) is 0 Å². The molecule has 0 spiro atoms. The number of aromatic nitrogens is 3. The summed E-state index contributed by atoms with van der Waals surface area (Å²) >= 11 is 0. The fourth-order valence-corrected chi connectivity index (χ4v) is 1.70. The number of rotatable bonds is 2. The monoisotopic (exact) mass is 242 g/mol. The van der Waals surface area contributed by atoms with Crippen LogP contribution in [0.15, 0.2) is 18.3 Å². The Morgan fingerprint density at radius 1 is 1.50 bits per heavy atom. The number of aryl methyl sites for hydroxylation is 2. The molecule has 0 unspecified atom stereocenters. The zero-order valence-electron chi connectivity index (χ0n) is 9.88. The molecule has 6 heteroatoms. The normalized spacial score (nSPS) is 10.1. The first-order valence-electron chi connectivity index (χ1n) is 5.20. The smallest absolute Gasteiger partial charge is 0.356 e. The topological polar surface area (TPSA) is 91.8 Å². The van der Waals surface area contributed by atoms with Gasteiger partial charge in [-0.2, -0.15) is 10.4 Å². The van der Waals surface area contributed by atoms with E-state index < -0.39 is 5.97 Å². The van der Waals surface area contributed by atoms with Crippen molar-refractivity contribution < 1.29 is 9.90 Å². The lowest BCUT2D eigenvalue weighted by atomic mass is 10.1. The molecule has 0 aliphatic heterocycles. The van der Waals surface area contributed by atoms with Gasteiger partial charge in [-0.05, 0) is 26.0 Å². The molecule has 2 aromatic heterocycles. The highest BCUT2D eigenvalue weighted by Gasteiger charge is 2.13. The van der Waals surface area contributed by atoms with Gasteiger partial charge in [0.15, 0.2) is 5.69 Å². The first-order valence-corrected chi connectivity index (χ1v) is 5.20. The molecule has 0 aromatic carbocycles. The summed E-state index contributed by atoms with van der Waals surface area (Å²) in [6.45, 7) is 3.54. The van der Waals surface area contributed by atoms with Gasteiger partial charge < -0.3 is 5.11 Å². The highest BCUT2D eigenvalue weighted by molar-refractivity contribution is 5.85. The second-order valence-corrected chi connectivity index (χ2v) is 3.81. The molecule has 2 heterocycles. The van der Waals surface area contributed by atoms with E-state index in [4.69, 9.17) is 10.4 Å². The van der Waals surface area contributed by atoms with Gasteiger partial charge in [0.25, 0.3) is 0 Å². The summed E-state index contributed by atoms with van der Waals surface area (Å²) in [5.41, 5.74) is 2.20. The van der Waals surface area contributed by atoms with Crippen LogP contribution in [0.4, 0.5) is 0 Å². The number of aromatic carboxylic acids is 1. The average Bonchev–Trinajstić information content (AvgIpc) is 2.77. The molecule has 2 aromatic rings. The largest absolute Gasteiger partial charge is 0.476 e. The van der Waals surface area contributed by atoms with Crippen molar-refractivity contribution in [1.82, 2.24) is 14.8 Å². The number of hydrogen-bond acceptors (Lipinski definition) is 4. The Morgan fingerprint density at radius 2 is 2.22 bits per heavy atom. The maximum absolute atomic E-state index is 10.8. The summed E-state index contributed by atoms with van der Waals surface area (Å²) in [5, 5.41) is 21.9. The molecule has 0 bridgehead atoms. The van der Waals surface area contributed by atoms with E-state index in [0.29, 0.717) is 16.9 Å². The minimum atomic E-state index is -1.10. The van der Waals surface area contributed by atoms with Crippen molar-refractivity contribution in [2.75, 3.05) is 0 Å². The van der Waals surface area contributed by atoms with Crippen LogP contribution in [0, 0.1) is 25.2 Å². The van der Waals surface area contributed by atoms with Crippen molar-refractivity contribution >= 4 is 5.97 Å².